The number of unbranched alkanes of at least 4 members (excludes halogenated alkanes) is 1. The highest BCUT2D eigenvalue weighted by Crippen LogP contribution is 2.39. The van der Waals surface area contributed by atoms with Crippen LogP contribution in [0.3, 0.4) is 0 Å². The fraction of sp³-hybridized carbons (Fsp3) is 0.211. The van der Waals surface area contributed by atoms with E-state index in [2.05, 4.69) is 0 Å². The number of hydrogen-bond acceptors (Lipinski definition) is 6. The molecule has 0 aliphatic carbocycles. The van der Waals surface area contributed by atoms with E-state index in [1.54, 1.807) is 24.3 Å². The molecule has 27 heavy (non-hydrogen) atoms. The summed E-state index contributed by atoms with van der Waals surface area (Å²) in [4.78, 5) is 50.6. The Morgan fingerprint density at radius 3 is 2.59 bits per heavy atom. The number of benzene rings is 2. The molecule has 0 spiro atoms. The molecule has 1 aliphatic heterocycles. The lowest BCUT2D eigenvalue weighted by molar-refractivity contribution is -0.383. The number of carbonyl (C=O) groups excluding carboxylic acids is 2. The number of amides is 2. The first-order valence-electron chi connectivity index (χ1n) is 8.48. The smallest absolute Gasteiger partial charge is 0.282 e. The maximum atomic E-state index is 12.9. The Kier molecular flexibility index (Phi) is 4.00. The second-order valence-corrected chi connectivity index (χ2v) is 7.37. The standard InChI is InChI=1S/C19H14N2O5S/c1-2-3-8-20-18(23)11-9-12(21(25)26)15-16(22)10-6-4-5-7-13(10)27-17(15)14(11)19(20)24/h4-7,9H,2-3,8H2,1H3. The van der Waals surface area contributed by atoms with Crippen LogP contribution in [-0.4, -0.2) is 28.2 Å². The molecule has 0 bridgehead atoms. The van der Waals surface area contributed by atoms with Crippen molar-refractivity contribution < 1.29 is 14.5 Å². The summed E-state index contributed by atoms with van der Waals surface area (Å²) in [7, 11) is 0. The summed E-state index contributed by atoms with van der Waals surface area (Å²) in [5.74, 6) is -1.03. The number of carbonyl (C=O) groups is 2. The lowest BCUT2D eigenvalue weighted by Crippen LogP contribution is -2.30. The lowest BCUT2D eigenvalue weighted by atomic mass is 10.0. The number of imide groups is 1. The molecule has 8 heteroatoms. The first-order valence-corrected chi connectivity index (χ1v) is 9.30. The molecule has 2 aromatic carbocycles. The fourth-order valence-electron chi connectivity index (χ4n) is 3.37. The summed E-state index contributed by atoms with van der Waals surface area (Å²) in [6, 6.07) is 7.84. The van der Waals surface area contributed by atoms with E-state index in [9.17, 15) is 24.5 Å². The summed E-state index contributed by atoms with van der Waals surface area (Å²) in [5, 5.41) is 11.9. The summed E-state index contributed by atoms with van der Waals surface area (Å²) >= 11 is 1.13. The van der Waals surface area contributed by atoms with Crippen molar-refractivity contribution in [3.05, 3.63) is 61.8 Å². The Bertz CT molecular complexity index is 1210. The van der Waals surface area contributed by atoms with E-state index in [4.69, 9.17) is 0 Å². The van der Waals surface area contributed by atoms with Gasteiger partial charge in [0.15, 0.2) is 0 Å². The molecule has 2 heterocycles. The summed E-state index contributed by atoms with van der Waals surface area (Å²) in [6.45, 7) is 2.19. The average Bonchev–Trinajstić information content (AvgIpc) is 2.90. The van der Waals surface area contributed by atoms with Crippen LogP contribution in [0.25, 0.3) is 20.2 Å². The molecule has 136 valence electrons. The Morgan fingerprint density at radius 1 is 1.15 bits per heavy atom. The predicted molar refractivity (Wildman–Crippen MR) is 103 cm³/mol. The number of hydrogen-bond donors (Lipinski definition) is 0. The monoisotopic (exact) mass is 382 g/mol. The SMILES string of the molecule is CCCCN1C(=O)c2cc([N+](=O)[O-])c3c(=O)c4ccccc4sc3c2C1=O. The van der Waals surface area contributed by atoms with Crippen LogP contribution in [0.5, 0.6) is 0 Å². The largest absolute Gasteiger partial charge is 0.288 e. The number of nitro groups is 1. The third kappa shape index (κ3) is 2.44. The van der Waals surface area contributed by atoms with Crippen molar-refractivity contribution in [3.63, 3.8) is 0 Å². The topological polar surface area (TPSA) is 97.6 Å². The lowest BCUT2D eigenvalue weighted by Gasteiger charge is -2.12. The van der Waals surface area contributed by atoms with Gasteiger partial charge in [-0.2, -0.15) is 0 Å². The van der Waals surface area contributed by atoms with Crippen LogP contribution >= 0.6 is 11.3 Å². The third-order valence-electron chi connectivity index (χ3n) is 4.70. The number of nitro benzene ring substituents is 1. The van der Waals surface area contributed by atoms with Gasteiger partial charge in [-0.25, -0.2) is 0 Å². The Hall–Kier alpha value is -3.13. The minimum absolute atomic E-state index is 0.00114. The van der Waals surface area contributed by atoms with Crippen molar-refractivity contribution in [2.45, 2.75) is 19.8 Å². The van der Waals surface area contributed by atoms with Crippen LogP contribution in [0.4, 0.5) is 5.69 Å². The van der Waals surface area contributed by atoms with Crippen molar-refractivity contribution in [1.82, 2.24) is 4.90 Å². The molecule has 3 aromatic rings. The quantitative estimate of drug-likeness (QED) is 0.296. The van der Waals surface area contributed by atoms with Gasteiger partial charge in [-0.15, -0.1) is 11.3 Å². The number of nitrogens with zero attached hydrogens (tertiary/aromatic N) is 2. The fourth-order valence-corrected chi connectivity index (χ4v) is 4.61. The van der Waals surface area contributed by atoms with E-state index in [-0.39, 0.29) is 27.8 Å². The first kappa shape index (κ1) is 17.3. The maximum Gasteiger partial charge on any atom is 0.282 e. The van der Waals surface area contributed by atoms with Crippen molar-refractivity contribution in [2.75, 3.05) is 6.54 Å². The van der Waals surface area contributed by atoms with E-state index in [0.717, 1.165) is 28.7 Å². The van der Waals surface area contributed by atoms with Gasteiger partial charge in [0, 0.05) is 22.7 Å². The van der Waals surface area contributed by atoms with E-state index in [1.165, 1.54) is 0 Å². The minimum atomic E-state index is -0.669. The molecular formula is C19H14N2O5S. The Labute approximate surface area is 157 Å². The van der Waals surface area contributed by atoms with Gasteiger partial charge in [-0.3, -0.25) is 29.4 Å². The van der Waals surface area contributed by atoms with Crippen LogP contribution < -0.4 is 5.43 Å². The normalized spacial score (nSPS) is 13.6. The van der Waals surface area contributed by atoms with Crippen molar-refractivity contribution in [3.8, 4) is 0 Å². The molecule has 0 unspecified atom stereocenters. The van der Waals surface area contributed by atoms with Crippen LogP contribution in [0, 0.1) is 10.1 Å². The van der Waals surface area contributed by atoms with E-state index < -0.39 is 27.9 Å². The molecular weight excluding hydrogens is 368 g/mol. The summed E-state index contributed by atoms with van der Waals surface area (Å²) in [6.07, 6.45) is 1.44. The van der Waals surface area contributed by atoms with Gasteiger partial charge in [-0.05, 0) is 18.6 Å². The zero-order valence-electron chi connectivity index (χ0n) is 14.4. The van der Waals surface area contributed by atoms with Gasteiger partial charge in [0.2, 0.25) is 5.43 Å². The molecule has 0 N–H and O–H groups in total. The highest BCUT2D eigenvalue weighted by atomic mass is 32.1. The zero-order chi connectivity index (χ0) is 19.3. The van der Waals surface area contributed by atoms with Gasteiger partial charge in [0.25, 0.3) is 17.5 Å². The molecule has 0 radical (unpaired) electrons. The van der Waals surface area contributed by atoms with Gasteiger partial charge in [0.1, 0.15) is 5.39 Å². The van der Waals surface area contributed by atoms with Crippen LogP contribution in [0.15, 0.2) is 35.1 Å². The van der Waals surface area contributed by atoms with Crippen molar-refractivity contribution in [1.29, 1.82) is 0 Å². The molecule has 7 nitrogen and oxygen atoms in total. The van der Waals surface area contributed by atoms with Crippen molar-refractivity contribution in [2.24, 2.45) is 0 Å². The molecule has 2 amide bonds. The second kappa shape index (κ2) is 6.24. The Balaban J connectivity index is 2.13. The van der Waals surface area contributed by atoms with Crippen molar-refractivity contribution >= 4 is 49.0 Å². The molecule has 0 fully saturated rings. The van der Waals surface area contributed by atoms with E-state index in [1.807, 2.05) is 6.92 Å². The second-order valence-electron chi connectivity index (χ2n) is 6.32. The molecule has 0 saturated heterocycles. The summed E-state index contributed by atoms with van der Waals surface area (Å²) in [5.41, 5.74) is -0.832. The van der Waals surface area contributed by atoms with Gasteiger partial charge in [-0.1, -0.05) is 25.5 Å². The number of fused-ring (bicyclic) bond motifs is 4. The molecule has 0 atom stereocenters. The molecule has 1 aromatic heterocycles. The van der Waals surface area contributed by atoms with Crippen LogP contribution in [0.2, 0.25) is 0 Å². The van der Waals surface area contributed by atoms with E-state index >= 15 is 0 Å². The molecule has 4 rings (SSSR count). The predicted octanol–water partition coefficient (Wildman–Crippen LogP) is 3.72. The maximum absolute atomic E-state index is 12.9. The number of non-ortho nitro benzene ring substituents is 1. The number of rotatable bonds is 4. The van der Waals surface area contributed by atoms with Gasteiger partial charge >= 0.3 is 0 Å². The van der Waals surface area contributed by atoms with E-state index in [0.29, 0.717) is 16.5 Å². The van der Waals surface area contributed by atoms with Crippen LogP contribution in [-0.2, 0) is 0 Å². The zero-order valence-corrected chi connectivity index (χ0v) is 15.2. The highest BCUT2D eigenvalue weighted by Gasteiger charge is 2.40. The third-order valence-corrected chi connectivity index (χ3v) is 5.89. The highest BCUT2D eigenvalue weighted by molar-refractivity contribution is 7.25. The molecule has 0 saturated carbocycles. The molecule has 1 aliphatic rings. The average molecular weight is 382 g/mol. The van der Waals surface area contributed by atoms with Gasteiger partial charge in [0.05, 0.1) is 20.8 Å². The van der Waals surface area contributed by atoms with Crippen LogP contribution in [0.1, 0.15) is 40.5 Å². The Morgan fingerprint density at radius 2 is 1.89 bits per heavy atom. The van der Waals surface area contributed by atoms with Gasteiger partial charge < -0.3 is 0 Å². The summed E-state index contributed by atoms with van der Waals surface area (Å²) < 4.78 is 0.824. The first-order chi connectivity index (χ1) is 13.0. The minimum Gasteiger partial charge on any atom is -0.288 e.